The molecule has 0 aliphatic rings. The summed E-state index contributed by atoms with van der Waals surface area (Å²) < 4.78 is 14.0. The smallest absolute Gasteiger partial charge is 0.213 e. The van der Waals surface area contributed by atoms with Crippen molar-refractivity contribution in [1.82, 2.24) is 4.98 Å². The summed E-state index contributed by atoms with van der Waals surface area (Å²) in [7, 11) is 0. The zero-order valence-corrected chi connectivity index (χ0v) is 14.1. The zero-order valence-electron chi connectivity index (χ0n) is 13.3. The number of hydrogen-bond acceptors (Lipinski definition) is 3. The number of hydrogen-bond donors (Lipinski definition) is 1. The molecule has 0 spiro atoms. The van der Waals surface area contributed by atoms with Crippen LogP contribution in [0.4, 0.5) is 4.39 Å². The molecule has 3 aromatic rings. The van der Waals surface area contributed by atoms with Crippen LogP contribution >= 0.6 is 11.6 Å². The Labute approximate surface area is 150 Å². The molecule has 1 aromatic heterocycles. The van der Waals surface area contributed by atoms with Gasteiger partial charge in [0.05, 0.1) is 10.4 Å². The highest BCUT2D eigenvalue weighted by Gasteiger charge is 2.37. The molecule has 0 amide bonds. The fourth-order valence-corrected chi connectivity index (χ4v) is 3.45. The topological polar surface area (TPSA) is 45.5 Å². The molecule has 0 aliphatic heterocycles. The van der Waals surface area contributed by atoms with E-state index in [0.717, 1.165) is 11.1 Å². The highest BCUT2D eigenvalue weighted by Crippen LogP contribution is 2.44. The van der Waals surface area contributed by atoms with E-state index in [2.05, 4.69) is 10.1 Å². The molecule has 0 saturated carbocycles. The molecule has 1 heterocycles. The van der Waals surface area contributed by atoms with Crippen molar-refractivity contribution in [2.75, 3.05) is 0 Å². The van der Waals surface area contributed by atoms with Crippen molar-refractivity contribution in [3.8, 4) is 0 Å². The van der Waals surface area contributed by atoms with E-state index in [-0.39, 0.29) is 0 Å². The third-order valence-corrected chi connectivity index (χ3v) is 4.60. The molecule has 0 atom stereocenters. The highest BCUT2D eigenvalue weighted by atomic mass is 35.5. The maximum Gasteiger partial charge on any atom is 0.213 e. The minimum atomic E-state index is -0.810. The average molecular weight is 355 g/mol. The molecule has 3 rings (SSSR count). The van der Waals surface area contributed by atoms with E-state index in [1.54, 1.807) is 0 Å². The molecule has 0 unspecified atom stereocenters. The van der Waals surface area contributed by atoms with E-state index in [0.29, 0.717) is 17.0 Å². The standard InChI is InChI=1S/C20H16ClFN2O/c21-18-14-23-19(22)13-17(18)20(11-12-24-25,15-7-3-1-4-8-15)16-9-5-2-6-10-16/h1-10,12-14,25H,11H2. The second-order valence-electron chi connectivity index (χ2n) is 5.63. The van der Waals surface area contributed by atoms with Gasteiger partial charge in [0.25, 0.3) is 0 Å². The van der Waals surface area contributed by atoms with Gasteiger partial charge in [0.1, 0.15) is 0 Å². The van der Waals surface area contributed by atoms with Crippen LogP contribution in [-0.2, 0) is 5.41 Å². The van der Waals surface area contributed by atoms with E-state index in [4.69, 9.17) is 16.8 Å². The van der Waals surface area contributed by atoms with Gasteiger partial charge in [0.15, 0.2) is 0 Å². The lowest BCUT2D eigenvalue weighted by Gasteiger charge is -2.35. The monoisotopic (exact) mass is 354 g/mol. The van der Waals surface area contributed by atoms with Crippen molar-refractivity contribution in [3.05, 3.63) is 101 Å². The van der Waals surface area contributed by atoms with Gasteiger partial charge in [-0.05, 0) is 22.8 Å². The Bertz CT molecular complexity index is 830. The van der Waals surface area contributed by atoms with Gasteiger partial charge in [0, 0.05) is 18.8 Å². The van der Waals surface area contributed by atoms with Gasteiger partial charge < -0.3 is 5.21 Å². The van der Waals surface area contributed by atoms with Crippen LogP contribution in [-0.4, -0.2) is 16.4 Å². The van der Waals surface area contributed by atoms with E-state index in [1.165, 1.54) is 18.5 Å². The number of rotatable bonds is 5. The van der Waals surface area contributed by atoms with Crippen LogP contribution in [0.2, 0.25) is 5.02 Å². The number of benzene rings is 2. The van der Waals surface area contributed by atoms with Gasteiger partial charge in [-0.2, -0.15) is 4.39 Å². The molecule has 1 N–H and O–H groups in total. The Balaban J connectivity index is 2.38. The van der Waals surface area contributed by atoms with Gasteiger partial charge in [-0.25, -0.2) is 4.98 Å². The molecule has 126 valence electrons. The normalized spacial score (nSPS) is 11.8. The number of pyridine rings is 1. The van der Waals surface area contributed by atoms with Gasteiger partial charge >= 0.3 is 0 Å². The summed E-state index contributed by atoms with van der Waals surface area (Å²) in [6, 6.07) is 20.6. The number of halogens is 2. The minimum Gasteiger partial charge on any atom is -0.411 e. The summed E-state index contributed by atoms with van der Waals surface area (Å²) in [5.41, 5.74) is 1.58. The Kier molecular flexibility index (Phi) is 5.10. The fraction of sp³-hybridized carbons (Fsp3) is 0.100. The van der Waals surface area contributed by atoms with Gasteiger partial charge in [-0.1, -0.05) is 72.3 Å². The van der Waals surface area contributed by atoms with E-state index < -0.39 is 11.4 Å². The molecule has 2 aromatic carbocycles. The summed E-state index contributed by atoms with van der Waals surface area (Å²) in [4.78, 5) is 3.64. The molecule has 0 fully saturated rings. The Morgan fingerprint density at radius 1 is 1.04 bits per heavy atom. The predicted molar refractivity (Wildman–Crippen MR) is 96.9 cm³/mol. The van der Waals surface area contributed by atoms with Gasteiger partial charge in [0.2, 0.25) is 5.95 Å². The first-order chi connectivity index (χ1) is 12.2. The first kappa shape index (κ1) is 17.1. The van der Waals surface area contributed by atoms with Crippen molar-refractivity contribution in [3.63, 3.8) is 0 Å². The molecular formula is C20H16ClFN2O. The van der Waals surface area contributed by atoms with Crippen molar-refractivity contribution in [2.45, 2.75) is 11.8 Å². The summed E-state index contributed by atoms with van der Waals surface area (Å²) in [5.74, 6) is -0.614. The maximum absolute atomic E-state index is 14.0. The molecule has 0 radical (unpaired) electrons. The number of oxime groups is 1. The first-order valence-electron chi connectivity index (χ1n) is 7.77. The third kappa shape index (κ3) is 3.26. The van der Waals surface area contributed by atoms with Crippen LogP contribution in [0.3, 0.4) is 0 Å². The van der Waals surface area contributed by atoms with Crippen molar-refractivity contribution >= 4 is 17.8 Å². The third-order valence-electron chi connectivity index (χ3n) is 4.29. The molecule has 25 heavy (non-hydrogen) atoms. The molecule has 0 aliphatic carbocycles. The van der Waals surface area contributed by atoms with Gasteiger partial charge in [-0.3, -0.25) is 0 Å². The van der Waals surface area contributed by atoms with E-state index in [9.17, 15) is 4.39 Å². The number of nitrogens with zero attached hydrogens (tertiary/aromatic N) is 2. The number of aromatic nitrogens is 1. The second-order valence-corrected chi connectivity index (χ2v) is 6.03. The van der Waals surface area contributed by atoms with E-state index in [1.807, 2.05) is 60.7 Å². The largest absolute Gasteiger partial charge is 0.411 e. The summed E-state index contributed by atoms with van der Waals surface area (Å²) in [6.07, 6.45) is 3.01. The highest BCUT2D eigenvalue weighted by molar-refractivity contribution is 6.31. The molecule has 0 saturated heterocycles. The van der Waals surface area contributed by atoms with Crippen molar-refractivity contribution in [1.29, 1.82) is 0 Å². The SMILES string of the molecule is ON=CCC(c1ccccc1)(c1ccccc1)c1cc(F)ncc1Cl. The lowest BCUT2D eigenvalue weighted by atomic mass is 9.67. The van der Waals surface area contributed by atoms with Crippen LogP contribution in [0.5, 0.6) is 0 Å². The summed E-state index contributed by atoms with van der Waals surface area (Å²) in [6.45, 7) is 0. The summed E-state index contributed by atoms with van der Waals surface area (Å²) >= 11 is 6.42. The Hall–Kier alpha value is -2.72. The van der Waals surface area contributed by atoms with Crippen LogP contribution < -0.4 is 0 Å². The Morgan fingerprint density at radius 2 is 1.60 bits per heavy atom. The predicted octanol–water partition coefficient (Wildman–Crippen LogP) is 5.06. The van der Waals surface area contributed by atoms with Crippen LogP contribution in [0.25, 0.3) is 0 Å². The minimum absolute atomic E-state index is 0.306. The quantitative estimate of drug-likeness (QED) is 0.301. The van der Waals surface area contributed by atoms with Crippen LogP contribution in [0.1, 0.15) is 23.1 Å². The zero-order chi connectivity index (χ0) is 17.7. The lowest BCUT2D eigenvalue weighted by molar-refractivity contribution is 0.319. The van der Waals surface area contributed by atoms with Crippen LogP contribution in [0.15, 0.2) is 78.1 Å². The fourth-order valence-electron chi connectivity index (χ4n) is 3.19. The maximum atomic E-state index is 14.0. The average Bonchev–Trinajstić information content (AvgIpc) is 2.67. The Morgan fingerprint density at radius 3 is 2.12 bits per heavy atom. The summed E-state index contributed by atoms with van der Waals surface area (Å²) in [5, 5.41) is 12.6. The van der Waals surface area contributed by atoms with Crippen molar-refractivity contribution < 1.29 is 9.60 Å². The van der Waals surface area contributed by atoms with Crippen LogP contribution in [0, 0.1) is 5.95 Å². The molecule has 0 bridgehead atoms. The van der Waals surface area contributed by atoms with E-state index >= 15 is 0 Å². The lowest BCUT2D eigenvalue weighted by Crippen LogP contribution is -2.30. The molecule has 3 nitrogen and oxygen atoms in total. The van der Waals surface area contributed by atoms with Gasteiger partial charge in [-0.15, -0.1) is 5.16 Å². The van der Waals surface area contributed by atoms with Crippen molar-refractivity contribution in [2.24, 2.45) is 5.16 Å². The first-order valence-corrected chi connectivity index (χ1v) is 8.15. The second kappa shape index (κ2) is 7.45. The molecule has 5 heteroatoms. The molecular weight excluding hydrogens is 339 g/mol.